The molecule has 3 atom stereocenters. The first-order valence-electron chi connectivity index (χ1n) is 4.41. The van der Waals surface area contributed by atoms with E-state index in [1.165, 1.54) is 0 Å². The van der Waals surface area contributed by atoms with Crippen molar-refractivity contribution in [3.05, 3.63) is 11.5 Å². The van der Waals surface area contributed by atoms with Crippen molar-refractivity contribution in [2.24, 2.45) is 0 Å². The number of rotatable bonds is 2. The first-order chi connectivity index (χ1) is 6.16. The van der Waals surface area contributed by atoms with Gasteiger partial charge in [0.15, 0.2) is 0 Å². The third-order valence-corrected chi connectivity index (χ3v) is 2.65. The third kappa shape index (κ3) is 2.06. The van der Waals surface area contributed by atoms with Gasteiger partial charge in [-0.15, -0.1) is 12.6 Å². The van der Waals surface area contributed by atoms with E-state index in [0.717, 1.165) is 19.3 Å². The van der Waals surface area contributed by atoms with Gasteiger partial charge in [-0.2, -0.15) is 0 Å². The molecule has 4 heteroatoms. The zero-order valence-electron chi connectivity index (χ0n) is 7.23. The van der Waals surface area contributed by atoms with Gasteiger partial charge >= 0.3 is 5.97 Å². The van der Waals surface area contributed by atoms with Crippen LogP contribution in [0.25, 0.3) is 0 Å². The number of epoxide rings is 1. The summed E-state index contributed by atoms with van der Waals surface area (Å²) in [5.41, 5.74) is 0. The number of esters is 1. The van der Waals surface area contributed by atoms with E-state index in [1.807, 2.05) is 0 Å². The minimum absolute atomic E-state index is 0.000139. The summed E-state index contributed by atoms with van der Waals surface area (Å²) in [6.07, 6.45) is 3.50. The number of carbonyl (C=O) groups is 1. The molecule has 2 aliphatic rings. The minimum Gasteiger partial charge on any atom is -0.458 e. The van der Waals surface area contributed by atoms with Gasteiger partial charge in [0, 0.05) is 6.42 Å². The Hall–Kier alpha value is -0.480. The molecule has 3 nitrogen and oxygen atoms in total. The van der Waals surface area contributed by atoms with Crippen molar-refractivity contribution in [3.63, 3.8) is 0 Å². The Morgan fingerprint density at radius 3 is 2.85 bits per heavy atom. The fraction of sp³-hybridized carbons (Fsp3) is 0.667. The number of carbonyl (C=O) groups excluding carboxylic acids is 1. The molecule has 1 saturated carbocycles. The van der Waals surface area contributed by atoms with Gasteiger partial charge in [0.25, 0.3) is 0 Å². The Balaban J connectivity index is 1.81. The first kappa shape index (κ1) is 9.09. The second-order valence-corrected chi connectivity index (χ2v) is 4.04. The molecule has 0 aromatic heterocycles. The molecular formula is C9H12O3S. The lowest BCUT2D eigenvalue weighted by Gasteiger charge is -2.19. The van der Waals surface area contributed by atoms with Crippen molar-refractivity contribution in [1.82, 2.24) is 0 Å². The molecule has 0 amide bonds. The fourth-order valence-electron chi connectivity index (χ4n) is 1.69. The Morgan fingerprint density at radius 1 is 1.46 bits per heavy atom. The third-order valence-electron chi connectivity index (χ3n) is 2.47. The van der Waals surface area contributed by atoms with Crippen molar-refractivity contribution < 1.29 is 14.3 Å². The fourth-order valence-corrected chi connectivity index (χ4v) is 1.75. The highest BCUT2D eigenvalue weighted by atomic mass is 32.1. The van der Waals surface area contributed by atoms with Crippen LogP contribution in [0.1, 0.15) is 19.3 Å². The molecule has 0 N–H and O–H groups in total. The van der Waals surface area contributed by atoms with Gasteiger partial charge < -0.3 is 9.47 Å². The molecule has 1 aliphatic heterocycles. The van der Waals surface area contributed by atoms with Crippen molar-refractivity contribution in [2.45, 2.75) is 37.6 Å². The molecular weight excluding hydrogens is 188 g/mol. The maximum atomic E-state index is 11.1. The Bertz CT molecular complexity index is 251. The van der Waals surface area contributed by atoms with Gasteiger partial charge in [-0.25, -0.2) is 4.79 Å². The second kappa shape index (κ2) is 3.35. The first-order valence-corrected chi connectivity index (χ1v) is 4.86. The van der Waals surface area contributed by atoms with E-state index in [2.05, 4.69) is 19.2 Å². The molecule has 1 heterocycles. The maximum absolute atomic E-state index is 11.1. The van der Waals surface area contributed by atoms with Crippen LogP contribution in [0.4, 0.5) is 0 Å². The number of thiol groups is 1. The summed E-state index contributed by atoms with van der Waals surface area (Å²) in [6.45, 7) is 3.41. The molecule has 2 rings (SSSR count). The predicted octanol–water partition coefficient (Wildman–Crippen LogP) is 1.29. The lowest BCUT2D eigenvalue weighted by atomic mass is 9.98. The molecule has 0 bridgehead atoms. The van der Waals surface area contributed by atoms with Crippen LogP contribution in [0.15, 0.2) is 11.5 Å². The molecule has 1 aliphatic carbocycles. The summed E-state index contributed by atoms with van der Waals surface area (Å²) in [5.74, 6) is -0.410. The highest BCUT2D eigenvalue weighted by Crippen LogP contribution is 2.37. The van der Waals surface area contributed by atoms with Crippen LogP contribution in [0, 0.1) is 0 Å². The summed E-state index contributed by atoms with van der Waals surface area (Å²) in [6, 6.07) is 0. The van der Waals surface area contributed by atoms with Gasteiger partial charge in [0.05, 0.1) is 17.1 Å². The van der Waals surface area contributed by atoms with Crippen molar-refractivity contribution in [2.75, 3.05) is 0 Å². The maximum Gasteiger partial charge on any atom is 0.344 e. The van der Waals surface area contributed by atoms with E-state index in [1.54, 1.807) is 0 Å². The Morgan fingerprint density at radius 2 is 2.23 bits per heavy atom. The van der Waals surface area contributed by atoms with E-state index in [9.17, 15) is 4.79 Å². The zero-order valence-corrected chi connectivity index (χ0v) is 8.13. The molecule has 0 aromatic carbocycles. The van der Waals surface area contributed by atoms with Crippen LogP contribution >= 0.6 is 12.6 Å². The summed E-state index contributed by atoms with van der Waals surface area (Å²) in [7, 11) is 0. The summed E-state index contributed by atoms with van der Waals surface area (Å²) in [5, 5.41) is 0. The standard InChI is InChI=1S/C9H12O3S/c1-5(13)9(10)11-6-2-3-7-8(4-6)12-7/h6-8,13H,1-4H2. The van der Waals surface area contributed by atoms with Crippen molar-refractivity contribution in [3.8, 4) is 0 Å². The molecule has 0 spiro atoms. The average molecular weight is 200 g/mol. The van der Waals surface area contributed by atoms with E-state index >= 15 is 0 Å². The summed E-state index contributed by atoms with van der Waals surface area (Å²) < 4.78 is 10.5. The molecule has 0 radical (unpaired) electrons. The Kier molecular flexibility index (Phi) is 2.34. The van der Waals surface area contributed by atoms with Crippen LogP contribution in [-0.4, -0.2) is 24.3 Å². The van der Waals surface area contributed by atoms with E-state index in [4.69, 9.17) is 9.47 Å². The monoisotopic (exact) mass is 200 g/mol. The number of hydrogen-bond acceptors (Lipinski definition) is 4. The number of fused-ring (bicyclic) bond motifs is 1. The van der Waals surface area contributed by atoms with Crippen LogP contribution in [0.2, 0.25) is 0 Å². The summed E-state index contributed by atoms with van der Waals surface area (Å²) in [4.78, 5) is 11.3. The molecule has 0 aromatic rings. The number of ether oxygens (including phenoxy) is 2. The van der Waals surface area contributed by atoms with Crippen LogP contribution in [-0.2, 0) is 14.3 Å². The molecule has 3 unspecified atom stereocenters. The summed E-state index contributed by atoms with van der Waals surface area (Å²) >= 11 is 3.83. The second-order valence-electron chi connectivity index (χ2n) is 3.50. The van der Waals surface area contributed by atoms with Crippen molar-refractivity contribution >= 4 is 18.6 Å². The SMILES string of the molecule is C=C(S)C(=O)OC1CCC2OC2C1. The normalized spacial score (nSPS) is 36.2. The van der Waals surface area contributed by atoms with Crippen LogP contribution < -0.4 is 0 Å². The van der Waals surface area contributed by atoms with Gasteiger partial charge in [-0.05, 0) is 12.8 Å². The molecule has 13 heavy (non-hydrogen) atoms. The van der Waals surface area contributed by atoms with Gasteiger partial charge in [-0.1, -0.05) is 6.58 Å². The van der Waals surface area contributed by atoms with Crippen LogP contribution in [0.5, 0.6) is 0 Å². The average Bonchev–Trinajstić information content (AvgIpc) is 2.81. The van der Waals surface area contributed by atoms with Gasteiger partial charge in [0.1, 0.15) is 6.10 Å². The largest absolute Gasteiger partial charge is 0.458 e. The van der Waals surface area contributed by atoms with E-state index < -0.39 is 5.97 Å². The minimum atomic E-state index is -0.410. The molecule has 2 fully saturated rings. The molecule has 72 valence electrons. The number of hydrogen-bond donors (Lipinski definition) is 1. The van der Waals surface area contributed by atoms with Crippen LogP contribution in [0.3, 0.4) is 0 Å². The topological polar surface area (TPSA) is 38.8 Å². The van der Waals surface area contributed by atoms with Gasteiger partial charge in [0.2, 0.25) is 0 Å². The smallest absolute Gasteiger partial charge is 0.344 e. The highest BCUT2D eigenvalue weighted by molar-refractivity contribution is 7.85. The van der Waals surface area contributed by atoms with E-state index in [0.29, 0.717) is 12.2 Å². The van der Waals surface area contributed by atoms with Crippen molar-refractivity contribution in [1.29, 1.82) is 0 Å². The van der Waals surface area contributed by atoms with Gasteiger partial charge in [-0.3, -0.25) is 0 Å². The lowest BCUT2D eigenvalue weighted by molar-refractivity contribution is -0.144. The molecule has 1 saturated heterocycles. The Labute approximate surface area is 82.5 Å². The predicted molar refractivity (Wildman–Crippen MR) is 50.5 cm³/mol. The zero-order chi connectivity index (χ0) is 9.42. The highest BCUT2D eigenvalue weighted by Gasteiger charge is 2.45. The van der Waals surface area contributed by atoms with E-state index in [-0.39, 0.29) is 11.0 Å². The quantitative estimate of drug-likeness (QED) is 0.316. The lowest BCUT2D eigenvalue weighted by Crippen LogP contribution is -2.24.